The quantitative estimate of drug-likeness (QED) is 0.686. The van der Waals surface area contributed by atoms with E-state index in [9.17, 15) is 0 Å². The van der Waals surface area contributed by atoms with Crippen LogP contribution in [0.2, 0.25) is 0 Å². The standard InChI is InChI=1S/C13H27N/c1-3-7-13(11-14-2)10-12-8-5-4-6-9-12/h12-14H,3-11H2,1-2H3. The molecule has 0 aromatic heterocycles. The molecule has 0 aromatic rings. The molecule has 1 rings (SSSR count). The molecular formula is C13H27N. The maximum Gasteiger partial charge on any atom is -0.00234 e. The fourth-order valence-electron chi connectivity index (χ4n) is 2.89. The van der Waals surface area contributed by atoms with Gasteiger partial charge in [-0.3, -0.25) is 0 Å². The van der Waals surface area contributed by atoms with Gasteiger partial charge in [-0.1, -0.05) is 45.4 Å². The first-order chi connectivity index (χ1) is 6.86. The van der Waals surface area contributed by atoms with E-state index in [2.05, 4.69) is 19.3 Å². The Kier molecular flexibility index (Phi) is 6.25. The smallest absolute Gasteiger partial charge is 0.00234 e. The fourth-order valence-corrected chi connectivity index (χ4v) is 2.89. The molecule has 14 heavy (non-hydrogen) atoms. The normalized spacial score (nSPS) is 21.0. The molecule has 1 saturated carbocycles. The number of hydrogen-bond acceptors (Lipinski definition) is 1. The van der Waals surface area contributed by atoms with Crippen LogP contribution in [0.1, 0.15) is 58.3 Å². The van der Waals surface area contributed by atoms with E-state index < -0.39 is 0 Å². The summed E-state index contributed by atoms with van der Waals surface area (Å²) in [5, 5.41) is 3.34. The van der Waals surface area contributed by atoms with Crippen LogP contribution in [-0.4, -0.2) is 13.6 Å². The zero-order chi connectivity index (χ0) is 10.2. The van der Waals surface area contributed by atoms with Gasteiger partial charge in [-0.25, -0.2) is 0 Å². The highest BCUT2D eigenvalue weighted by Gasteiger charge is 2.17. The summed E-state index contributed by atoms with van der Waals surface area (Å²) >= 11 is 0. The van der Waals surface area contributed by atoms with Crippen molar-refractivity contribution >= 4 is 0 Å². The third kappa shape index (κ3) is 4.45. The SMILES string of the molecule is CCCC(CNC)CC1CCCCC1. The average Bonchev–Trinajstić information content (AvgIpc) is 2.20. The van der Waals surface area contributed by atoms with Gasteiger partial charge < -0.3 is 5.32 Å². The Morgan fingerprint density at radius 3 is 2.50 bits per heavy atom. The zero-order valence-corrected chi connectivity index (χ0v) is 10.0. The second kappa shape index (κ2) is 7.28. The molecule has 1 fully saturated rings. The Morgan fingerprint density at radius 2 is 1.93 bits per heavy atom. The maximum atomic E-state index is 3.34. The summed E-state index contributed by atoms with van der Waals surface area (Å²) in [5.41, 5.74) is 0. The van der Waals surface area contributed by atoms with Crippen molar-refractivity contribution in [2.45, 2.75) is 58.3 Å². The van der Waals surface area contributed by atoms with Gasteiger partial charge in [0.25, 0.3) is 0 Å². The minimum absolute atomic E-state index is 0.938. The molecule has 0 spiro atoms. The van der Waals surface area contributed by atoms with Gasteiger partial charge in [0.2, 0.25) is 0 Å². The molecule has 84 valence electrons. The van der Waals surface area contributed by atoms with Crippen LogP contribution >= 0.6 is 0 Å². The molecule has 1 aliphatic carbocycles. The van der Waals surface area contributed by atoms with Crippen LogP contribution in [-0.2, 0) is 0 Å². The lowest BCUT2D eigenvalue weighted by molar-refractivity contribution is 0.275. The van der Waals surface area contributed by atoms with Gasteiger partial charge in [-0.05, 0) is 38.3 Å². The second-order valence-electron chi connectivity index (χ2n) is 4.95. The lowest BCUT2D eigenvalue weighted by atomic mass is 9.81. The molecule has 0 radical (unpaired) electrons. The lowest BCUT2D eigenvalue weighted by Gasteiger charge is -2.26. The molecule has 1 nitrogen and oxygen atoms in total. The summed E-state index contributed by atoms with van der Waals surface area (Å²) < 4.78 is 0. The Balaban J connectivity index is 2.21. The minimum Gasteiger partial charge on any atom is -0.319 e. The van der Waals surface area contributed by atoms with Gasteiger partial charge in [0.15, 0.2) is 0 Å². The summed E-state index contributed by atoms with van der Waals surface area (Å²) in [7, 11) is 2.09. The molecular weight excluding hydrogens is 170 g/mol. The van der Waals surface area contributed by atoms with Gasteiger partial charge in [0.05, 0.1) is 0 Å². The summed E-state index contributed by atoms with van der Waals surface area (Å²) in [6.45, 7) is 3.54. The van der Waals surface area contributed by atoms with Crippen LogP contribution < -0.4 is 5.32 Å². The topological polar surface area (TPSA) is 12.0 Å². The molecule has 0 amide bonds. The van der Waals surface area contributed by atoms with Crippen LogP contribution in [0.4, 0.5) is 0 Å². The molecule has 0 bridgehead atoms. The van der Waals surface area contributed by atoms with Gasteiger partial charge in [-0.2, -0.15) is 0 Å². The van der Waals surface area contributed by atoms with E-state index in [4.69, 9.17) is 0 Å². The van der Waals surface area contributed by atoms with Crippen LogP contribution in [0.25, 0.3) is 0 Å². The first-order valence-corrected chi connectivity index (χ1v) is 6.51. The minimum atomic E-state index is 0.938. The Labute approximate surface area is 89.7 Å². The first-order valence-electron chi connectivity index (χ1n) is 6.51. The van der Waals surface area contributed by atoms with E-state index in [1.807, 2.05) is 0 Å². The summed E-state index contributed by atoms with van der Waals surface area (Å²) in [6, 6.07) is 0. The molecule has 1 atom stereocenters. The first kappa shape index (κ1) is 12.0. The number of nitrogens with one attached hydrogen (secondary N) is 1. The molecule has 0 heterocycles. The monoisotopic (exact) mass is 197 g/mol. The van der Waals surface area contributed by atoms with Crippen molar-refractivity contribution in [3.8, 4) is 0 Å². The van der Waals surface area contributed by atoms with E-state index >= 15 is 0 Å². The summed E-state index contributed by atoms with van der Waals surface area (Å²) in [4.78, 5) is 0. The van der Waals surface area contributed by atoms with Crippen molar-refractivity contribution in [2.24, 2.45) is 11.8 Å². The highest BCUT2D eigenvalue weighted by Crippen LogP contribution is 2.30. The van der Waals surface area contributed by atoms with Crippen molar-refractivity contribution in [1.29, 1.82) is 0 Å². The molecule has 1 aliphatic rings. The highest BCUT2D eigenvalue weighted by molar-refractivity contribution is 4.71. The third-order valence-electron chi connectivity index (χ3n) is 3.58. The van der Waals surface area contributed by atoms with Crippen LogP contribution in [0.15, 0.2) is 0 Å². The van der Waals surface area contributed by atoms with Crippen molar-refractivity contribution in [3.05, 3.63) is 0 Å². The molecule has 1 N–H and O–H groups in total. The Morgan fingerprint density at radius 1 is 1.21 bits per heavy atom. The largest absolute Gasteiger partial charge is 0.319 e. The van der Waals surface area contributed by atoms with Crippen molar-refractivity contribution in [3.63, 3.8) is 0 Å². The van der Waals surface area contributed by atoms with Crippen LogP contribution in [0.3, 0.4) is 0 Å². The second-order valence-corrected chi connectivity index (χ2v) is 4.95. The van der Waals surface area contributed by atoms with E-state index in [0.29, 0.717) is 0 Å². The fraction of sp³-hybridized carbons (Fsp3) is 1.00. The molecule has 0 aliphatic heterocycles. The number of rotatable bonds is 6. The molecule has 1 heteroatoms. The van der Waals surface area contributed by atoms with Gasteiger partial charge in [0.1, 0.15) is 0 Å². The van der Waals surface area contributed by atoms with Crippen molar-refractivity contribution < 1.29 is 0 Å². The van der Waals surface area contributed by atoms with E-state index in [-0.39, 0.29) is 0 Å². The predicted molar refractivity (Wildman–Crippen MR) is 63.5 cm³/mol. The van der Waals surface area contributed by atoms with Gasteiger partial charge in [0, 0.05) is 0 Å². The maximum absolute atomic E-state index is 3.34. The Bertz CT molecular complexity index is 121. The zero-order valence-electron chi connectivity index (χ0n) is 10.0. The third-order valence-corrected chi connectivity index (χ3v) is 3.58. The Hall–Kier alpha value is -0.0400. The predicted octanol–water partition coefficient (Wildman–Crippen LogP) is 3.59. The number of hydrogen-bond donors (Lipinski definition) is 1. The van der Waals surface area contributed by atoms with Crippen LogP contribution in [0, 0.1) is 11.8 Å². The summed E-state index contributed by atoms with van der Waals surface area (Å²) in [5.74, 6) is 1.99. The van der Waals surface area contributed by atoms with Crippen molar-refractivity contribution in [2.75, 3.05) is 13.6 Å². The van der Waals surface area contributed by atoms with Gasteiger partial charge in [-0.15, -0.1) is 0 Å². The lowest BCUT2D eigenvalue weighted by Crippen LogP contribution is -2.22. The van der Waals surface area contributed by atoms with Crippen LogP contribution in [0.5, 0.6) is 0 Å². The highest BCUT2D eigenvalue weighted by atomic mass is 14.8. The summed E-state index contributed by atoms with van der Waals surface area (Å²) in [6.07, 6.45) is 11.7. The van der Waals surface area contributed by atoms with E-state index in [1.54, 1.807) is 0 Å². The molecule has 1 unspecified atom stereocenters. The van der Waals surface area contributed by atoms with Crippen molar-refractivity contribution in [1.82, 2.24) is 5.32 Å². The van der Waals surface area contributed by atoms with E-state index in [1.165, 1.54) is 57.9 Å². The molecule has 0 saturated heterocycles. The van der Waals surface area contributed by atoms with Gasteiger partial charge >= 0.3 is 0 Å². The van der Waals surface area contributed by atoms with E-state index in [0.717, 1.165) is 11.8 Å². The average molecular weight is 197 g/mol. The molecule has 0 aromatic carbocycles.